The quantitative estimate of drug-likeness (QED) is 0.413. The highest BCUT2D eigenvalue weighted by Crippen LogP contribution is 2.33. The highest BCUT2D eigenvalue weighted by Gasteiger charge is 2.31. The number of hydrogen-bond donors (Lipinski definition) is 1. The Kier molecular flexibility index (Phi) is 9.00. The smallest absolute Gasteiger partial charge is 0.271 e. The highest BCUT2D eigenvalue weighted by molar-refractivity contribution is 5.92. The van der Waals surface area contributed by atoms with Crippen LogP contribution in [0.5, 0.6) is 0 Å². The van der Waals surface area contributed by atoms with E-state index >= 15 is 0 Å². The molecule has 3 aromatic rings. The number of piperidine rings is 1. The molecule has 1 atom stereocenters. The van der Waals surface area contributed by atoms with Crippen LogP contribution < -0.4 is 5.32 Å². The summed E-state index contributed by atoms with van der Waals surface area (Å²) in [5.41, 5.74) is 9.54. The normalized spacial score (nSPS) is 18.3. The molecule has 44 heavy (non-hydrogen) atoms. The Morgan fingerprint density at radius 3 is 2.23 bits per heavy atom. The van der Waals surface area contributed by atoms with E-state index in [1.165, 1.54) is 34.0 Å². The van der Waals surface area contributed by atoms with Crippen molar-refractivity contribution in [2.75, 3.05) is 46.4 Å². The van der Waals surface area contributed by atoms with Gasteiger partial charge in [0.05, 0.1) is 43.3 Å². The summed E-state index contributed by atoms with van der Waals surface area (Å²) in [4.78, 5) is 39.0. The minimum atomic E-state index is -0.261. The molecule has 3 aliphatic heterocycles. The van der Waals surface area contributed by atoms with E-state index in [0.29, 0.717) is 38.4 Å². The van der Waals surface area contributed by atoms with E-state index in [4.69, 9.17) is 4.74 Å². The molecule has 8 nitrogen and oxygen atoms in total. The number of nitrogens with one attached hydrogen (secondary N) is 1. The van der Waals surface area contributed by atoms with E-state index in [1.54, 1.807) is 6.20 Å². The van der Waals surface area contributed by atoms with Gasteiger partial charge in [0.1, 0.15) is 5.69 Å². The Balaban J connectivity index is 1.13. The summed E-state index contributed by atoms with van der Waals surface area (Å²) in [6, 6.07) is 17.2. The van der Waals surface area contributed by atoms with E-state index in [0.717, 1.165) is 37.1 Å². The summed E-state index contributed by atoms with van der Waals surface area (Å²) < 4.78 is 5.17. The molecule has 1 N–H and O–H groups in total. The monoisotopic (exact) mass is 591 g/mol. The summed E-state index contributed by atoms with van der Waals surface area (Å²) in [5.74, 6) is -0.123. The minimum Gasteiger partial charge on any atom is -0.380 e. The van der Waals surface area contributed by atoms with Crippen LogP contribution >= 0.6 is 0 Å². The molecule has 2 amide bonds. The second kappa shape index (κ2) is 13.2. The lowest BCUT2D eigenvalue weighted by Crippen LogP contribution is -2.46. The van der Waals surface area contributed by atoms with Gasteiger partial charge in [-0.2, -0.15) is 0 Å². The molecule has 0 spiro atoms. The van der Waals surface area contributed by atoms with Crippen molar-refractivity contribution in [3.63, 3.8) is 0 Å². The number of benzene rings is 2. The first-order valence-electron chi connectivity index (χ1n) is 15.6. The Morgan fingerprint density at radius 1 is 0.932 bits per heavy atom. The third kappa shape index (κ3) is 6.66. The standard InChI is InChI=1S/C36H41N5O3/c1-24-4-6-28(7-5-24)34(30-12-16-40(3)17-13-30)29-10-8-26(9-11-29)25(2)38-35(42)33-21-37-20-32(39-33)27-14-18-41(19-15-27)36(43)31-22-44-23-31/h4-11,14,20-21,25,31H,12-13,15-19,22-23H2,1-3H3,(H,38,42)/t25-/m0/s1. The van der Waals surface area contributed by atoms with Gasteiger partial charge in [-0.15, -0.1) is 0 Å². The van der Waals surface area contributed by atoms with Crippen LogP contribution in [0.1, 0.15) is 70.7 Å². The molecule has 8 heteroatoms. The van der Waals surface area contributed by atoms with Gasteiger partial charge in [-0.1, -0.05) is 65.7 Å². The first-order valence-corrected chi connectivity index (χ1v) is 15.6. The van der Waals surface area contributed by atoms with Crippen LogP contribution in [0.15, 0.2) is 72.6 Å². The van der Waals surface area contributed by atoms with Crippen molar-refractivity contribution in [1.82, 2.24) is 25.1 Å². The minimum absolute atomic E-state index is 0.0126. The van der Waals surface area contributed by atoms with Gasteiger partial charge < -0.3 is 19.9 Å². The Labute approximate surface area is 259 Å². The van der Waals surface area contributed by atoms with Crippen molar-refractivity contribution in [2.45, 2.75) is 39.2 Å². The molecule has 0 bridgehead atoms. The number of aromatic nitrogens is 2. The average molecular weight is 592 g/mol. The zero-order valence-corrected chi connectivity index (χ0v) is 25.9. The van der Waals surface area contributed by atoms with Crippen LogP contribution in [-0.4, -0.2) is 78.0 Å². The third-order valence-corrected chi connectivity index (χ3v) is 9.04. The Hall–Kier alpha value is -4.14. The van der Waals surface area contributed by atoms with Gasteiger partial charge >= 0.3 is 0 Å². The predicted molar refractivity (Wildman–Crippen MR) is 172 cm³/mol. The van der Waals surface area contributed by atoms with Crippen LogP contribution in [0.2, 0.25) is 0 Å². The molecule has 3 aliphatic rings. The zero-order chi connectivity index (χ0) is 30.6. The molecular formula is C36H41N5O3. The second-order valence-electron chi connectivity index (χ2n) is 12.3. The first kappa shape index (κ1) is 29.9. The maximum absolute atomic E-state index is 13.2. The van der Waals surface area contributed by atoms with Crippen molar-refractivity contribution in [2.24, 2.45) is 5.92 Å². The van der Waals surface area contributed by atoms with E-state index in [2.05, 4.69) is 82.7 Å². The topological polar surface area (TPSA) is 87.7 Å². The lowest BCUT2D eigenvalue weighted by atomic mass is 9.87. The van der Waals surface area contributed by atoms with Crippen LogP contribution in [0.3, 0.4) is 0 Å². The lowest BCUT2D eigenvalue weighted by molar-refractivity contribution is -0.149. The molecule has 4 heterocycles. The van der Waals surface area contributed by atoms with Gasteiger partial charge in [-0.25, -0.2) is 4.98 Å². The molecule has 1 aromatic heterocycles. The van der Waals surface area contributed by atoms with Gasteiger partial charge in [0.15, 0.2) is 0 Å². The Bertz CT molecular complexity index is 1560. The second-order valence-corrected chi connectivity index (χ2v) is 12.3. The number of likely N-dealkylation sites (tertiary alicyclic amines) is 1. The number of rotatable bonds is 7. The predicted octanol–water partition coefficient (Wildman–Crippen LogP) is 5.07. The van der Waals surface area contributed by atoms with Gasteiger partial charge in [0.25, 0.3) is 5.91 Å². The number of amides is 2. The van der Waals surface area contributed by atoms with E-state index in [-0.39, 0.29) is 29.5 Å². The molecule has 0 saturated carbocycles. The Morgan fingerprint density at radius 2 is 1.61 bits per heavy atom. The lowest BCUT2D eigenvalue weighted by Gasteiger charge is -2.33. The molecule has 228 valence electrons. The SMILES string of the molecule is Cc1ccc(C(=C2CCN(C)CC2)c2ccc([C@H](C)NC(=O)c3cncc(C4=CCN(C(=O)C5COC5)CC4)n3)cc2)cc1. The maximum atomic E-state index is 13.2. The van der Waals surface area contributed by atoms with E-state index in [9.17, 15) is 9.59 Å². The van der Waals surface area contributed by atoms with Gasteiger partial charge in [0, 0.05) is 26.2 Å². The molecule has 6 rings (SSSR count). The van der Waals surface area contributed by atoms with Gasteiger partial charge in [-0.05, 0) is 68.0 Å². The summed E-state index contributed by atoms with van der Waals surface area (Å²) in [6.07, 6.45) is 8.02. The van der Waals surface area contributed by atoms with Gasteiger partial charge in [0.2, 0.25) is 5.91 Å². The fourth-order valence-electron chi connectivity index (χ4n) is 6.09. The number of carbonyl (C=O) groups excluding carboxylic acids is 2. The van der Waals surface area contributed by atoms with Crippen molar-refractivity contribution in [1.29, 1.82) is 0 Å². The number of ether oxygens (including phenoxy) is 1. The molecule has 0 aliphatic carbocycles. The summed E-state index contributed by atoms with van der Waals surface area (Å²) in [7, 11) is 2.19. The van der Waals surface area contributed by atoms with Crippen LogP contribution in [0.25, 0.3) is 11.1 Å². The molecule has 0 unspecified atom stereocenters. The van der Waals surface area contributed by atoms with Crippen molar-refractivity contribution in [3.8, 4) is 0 Å². The number of carbonyl (C=O) groups is 2. The summed E-state index contributed by atoms with van der Waals surface area (Å²) >= 11 is 0. The van der Waals surface area contributed by atoms with Crippen LogP contribution in [-0.2, 0) is 9.53 Å². The third-order valence-electron chi connectivity index (χ3n) is 9.04. The van der Waals surface area contributed by atoms with E-state index in [1.807, 2.05) is 17.9 Å². The van der Waals surface area contributed by atoms with Crippen molar-refractivity contribution in [3.05, 3.63) is 106 Å². The molecule has 2 fully saturated rings. The van der Waals surface area contributed by atoms with Crippen molar-refractivity contribution < 1.29 is 14.3 Å². The average Bonchev–Trinajstić information content (AvgIpc) is 3.02. The number of nitrogens with zero attached hydrogens (tertiary/aromatic N) is 4. The number of hydrogen-bond acceptors (Lipinski definition) is 6. The number of aryl methyl sites for hydroxylation is 1. The summed E-state index contributed by atoms with van der Waals surface area (Å²) in [6.45, 7) is 8.45. The fourth-order valence-corrected chi connectivity index (χ4v) is 6.09. The molecular weight excluding hydrogens is 550 g/mol. The van der Waals surface area contributed by atoms with Crippen molar-refractivity contribution >= 4 is 23.0 Å². The molecule has 2 saturated heterocycles. The van der Waals surface area contributed by atoms with Crippen LogP contribution in [0, 0.1) is 12.8 Å². The maximum Gasteiger partial charge on any atom is 0.271 e. The first-order chi connectivity index (χ1) is 21.4. The van der Waals surface area contributed by atoms with E-state index < -0.39 is 0 Å². The van der Waals surface area contributed by atoms with Crippen LogP contribution in [0.4, 0.5) is 0 Å². The fraction of sp³-hybridized carbons (Fsp3) is 0.389. The molecule has 0 radical (unpaired) electrons. The largest absolute Gasteiger partial charge is 0.380 e. The van der Waals surface area contributed by atoms with Gasteiger partial charge in [-0.3, -0.25) is 14.6 Å². The zero-order valence-electron chi connectivity index (χ0n) is 25.9. The summed E-state index contributed by atoms with van der Waals surface area (Å²) in [5, 5.41) is 3.10. The molecule has 2 aromatic carbocycles. The highest BCUT2D eigenvalue weighted by atomic mass is 16.5.